The van der Waals surface area contributed by atoms with E-state index >= 15 is 0 Å². The lowest BCUT2D eigenvalue weighted by Gasteiger charge is -2.29. The van der Waals surface area contributed by atoms with Crippen molar-refractivity contribution in [3.63, 3.8) is 0 Å². The van der Waals surface area contributed by atoms with Gasteiger partial charge in [-0.05, 0) is 33.4 Å². The first-order valence-electron chi connectivity index (χ1n) is 9.35. The molecule has 28 heavy (non-hydrogen) atoms. The van der Waals surface area contributed by atoms with Gasteiger partial charge in [0.05, 0.1) is 0 Å². The van der Waals surface area contributed by atoms with Crippen molar-refractivity contribution < 1.29 is 0 Å². The fourth-order valence-corrected chi connectivity index (χ4v) is 3.92. The van der Waals surface area contributed by atoms with E-state index in [1.807, 2.05) is 30.3 Å². The SMILES string of the molecule is C=Cc1ccc(C(Cl)(c2ccccc2)c2ccc(-c3ccccc3)cc2)cc1. The van der Waals surface area contributed by atoms with E-state index in [2.05, 4.69) is 91.5 Å². The molecule has 1 heteroatoms. The Kier molecular flexibility index (Phi) is 5.14. The first kappa shape index (κ1) is 18.3. The molecule has 0 amide bonds. The van der Waals surface area contributed by atoms with Crippen LogP contribution in [0.25, 0.3) is 17.2 Å². The molecule has 0 aliphatic carbocycles. The summed E-state index contributed by atoms with van der Waals surface area (Å²) in [7, 11) is 0. The maximum atomic E-state index is 7.38. The maximum absolute atomic E-state index is 7.38. The maximum Gasteiger partial charge on any atom is 0.119 e. The largest absolute Gasteiger partial charge is 0.119 e. The summed E-state index contributed by atoms with van der Waals surface area (Å²) >= 11 is 7.38. The zero-order valence-corrected chi connectivity index (χ0v) is 16.3. The van der Waals surface area contributed by atoms with Gasteiger partial charge < -0.3 is 0 Å². The zero-order valence-electron chi connectivity index (χ0n) is 15.6. The van der Waals surface area contributed by atoms with Gasteiger partial charge in [-0.2, -0.15) is 0 Å². The number of halogens is 1. The third-order valence-electron chi connectivity index (χ3n) is 5.11. The average Bonchev–Trinajstić information content (AvgIpc) is 2.80. The lowest BCUT2D eigenvalue weighted by molar-refractivity contribution is 0.879. The van der Waals surface area contributed by atoms with Crippen molar-refractivity contribution in [1.29, 1.82) is 0 Å². The molecule has 4 aromatic carbocycles. The van der Waals surface area contributed by atoms with Gasteiger partial charge >= 0.3 is 0 Å². The molecule has 0 spiro atoms. The summed E-state index contributed by atoms with van der Waals surface area (Å²) in [5, 5.41) is 0. The molecule has 0 radical (unpaired) electrons. The normalized spacial score (nSPS) is 12.9. The molecular weight excluding hydrogens is 360 g/mol. The van der Waals surface area contributed by atoms with E-state index in [0.717, 1.165) is 22.3 Å². The number of hydrogen-bond acceptors (Lipinski definition) is 0. The van der Waals surface area contributed by atoms with E-state index in [-0.39, 0.29) is 0 Å². The topological polar surface area (TPSA) is 0 Å². The summed E-state index contributed by atoms with van der Waals surface area (Å²) in [6, 6.07) is 37.4. The zero-order chi connectivity index (χ0) is 19.4. The molecule has 0 aliphatic rings. The van der Waals surface area contributed by atoms with Crippen LogP contribution >= 0.6 is 11.6 Å². The van der Waals surface area contributed by atoms with Crippen LogP contribution in [0.4, 0.5) is 0 Å². The van der Waals surface area contributed by atoms with Gasteiger partial charge in [0.1, 0.15) is 4.87 Å². The molecule has 1 atom stereocenters. The van der Waals surface area contributed by atoms with Crippen LogP contribution in [0.1, 0.15) is 22.3 Å². The predicted octanol–water partition coefficient (Wildman–Crippen LogP) is 7.53. The Labute approximate surface area is 171 Å². The van der Waals surface area contributed by atoms with Gasteiger partial charge in [-0.15, -0.1) is 11.6 Å². The van der Waals surface area contributed by atoms with Crippen molar-refractivity contribution in [2.45, 2.75) is 4.87 Å². The molecule has 0 bridgehead atoms. The molecule has 0 aliphatic heterocycles. The highest BCUT2D eigenvalue weighted by molar-refractivity contribution is 6.28. The summed E-state index contributed by atoms with van der Waals surface area (Å²) in [6.45, 7) is 3.84. The van der Waals surface area contributed by atoms with Gasteiger partial charge in [0.15, 0.2) is 0 Å². The molecule has 0 saturated carbocycles. The second-order valence-electron chi connectivity index (χ2n) is 6.79. The van der Waals surface area contributed by atoms with Crippen LogP contribution in [-0.4, -0.2) is 0 Å². The Hall–Kier alpha value is -3.09. The predicted molar refractivity (Wildman–Crippen MR) is 121 cm³/mol. The van der Waals surface area contributed by atoms with Crippen molar-refractivity contribution >= 4 is 17.7 Å². The number of hydrogen-bond donors (Lipinski definition) is 0. The van der Waals surface area contributed by atoms with Crippen LogP contribution in [-0.2, 0) is 4.87 Å². The van der Waals surface area contributed by atoms with Crippen LogP contribution in [0, 0.1) is 0 Å². The van der Waals surface area contributed by atoms with Crippen molar-refractivity contribution in [1.82, 2.24) is 0 Å². The minimum absolute atomic E-state index is 0.754. The molecule has 4 aromatic rings. The van der Waals surface area contributed by atoms with Crippen LogP contribution < -0.4 is 0 Å². The van der Waals surface area contributed by atoms with Crippen molar-refractivity contribution in [3.8, 4) is 11.1 Å². The molecule has 0 aromatic heterocycles. The summed E-state index contributed by atoms with van der Waals surface area (Å²) < 4.78 is 0. The number of benzene rings is 4. The van der Waals surface area contributed by atoms with E-state index in [1.165, 1.54) is 11.1 Å². The van der Waals surface area contributed by atoms with E-state index in [0.29, 0.717) is 0 Å². The van der Waals surface area contributed by atoms with Gasteiger partial charge in [-0.1, -0.05) is 122 Å². The highest BCUT2D eigenvalue weighted by Crippen LogP contribution is 2.43. The molecule has 0 N–H and O–H groups in total. The summed E-state index contributed by atoms with van der Waals surface area (Å²) in [6.07, 6.45) is 1.84. The van der Waals surface area contributed by atoms with Gasteiger partial charge in [0.25, 0.3) is 0 Å². The average molecular weight is 381 g/mol. The van der Waals surface area contributed by atoms with Gasteiger partial charge in [-0.25, -0.2) is 0 Å². The molecule has 0 heterocycles. The molecular formula is C27H21Cl. The van der Waals surface area contributed by atoms with E-state index < -0.39 is 4.87 Å². The van der Waals surface area contributed by atoms with Crippen molar-refractivity contribution in [2.75, 3.05) is 0 Å². The van der Waals surface area contributed by atoms with E-state index in [9.17, 15) is 0 Å². The van der Waals surface area contributed by atoms with Gasteiger partial charge in [0, 0.05) is 0 Å². The lowest BCUT2D eigenvalue weighted by atomic mass is 9.83. The minimum Gasteiger partial charge on any atom is -0.104 e. The molecule has 1 unspecified atom stereocenters. The Morgan fingerprint density at radius 2 is 0.964 bits per heavy atom. The van der Waals surface area contributed by atoms with Crippen LogP contribution in [0.5, 0.6) is 0 Å². The second kappa shape index (κ2) is 7.88. The molecule has 136 valence electrons. The van der Waals surface area contributed by atoms with Crippen LogP contribution in [0.3, 0.4) is 0 Å². The standard InChI is InChI=1S/C27H21Cl/c1-2-21-13-17-25(18-14-21)27(28,24-11-7-4-8-12-24)26-19-15-23(16-20-26)22-9-5-3-6-10-22/h2-20H,1H2. The fraction of sp³-hybridized carbons (Fsp3) is 0.0370. The molecule has 0 nitrogen and oxygen atoms in total. The van der Waals surface area contributed by atoms with Crippen LogP contribution in [0.2, 0.25) is 0 Å². The highest BCUT2D eigenvalue weighted by atomic mass is 35.5. The number of alkyl halides is 1. The fourth-order valence-electron chi connectivity index (χ4n) is 3.54. The summed E-state index contributed by atoms with van der Waals surface area (Å²) in [5.41, 5.74) is 6.60. The monoisotopic (exact) mass is 380 g/mol. The Balaban J connectivity index is 1.82. The molecule has 4 rings (SSSR count). The highest BCUT2D eigenvalue weighted by Gasteiger charge is 2.33. The van der Waals surface area contributed by atoms with E-state index in [4.69, 9.17) is 11.6 Å². The summed E-state index contributed by atoms with van der Waals surface area (Å²) in [5.74, 6) is 0. The van der Waals surface area contributed by atoms with E-state index in [1.54, 1.807) is 0 Å². The second-order valence-corrected chi connectivity index (χ2v) is 7.36. The van der Waals surface area contributed by atoms with Gasteiger partial charge in [0.2, 0.25) is 0 Å². The smallest absolute Gasteiger partial charge is 0.104 e. The minimum atomic E-state index is -0.754. The third-order valence-corrected chi connectivity index (χ3v) is 5.76. The van der Waals surface area contributed by atoms with Crippen molar-refractivity contribution in [2.24, 2.45) is 0 Å². The van der Waals surface area contributed by atoms with Gasteiger partial charge in [-0.3, -0.25) is 0 Å². The Morgan fingerprint density at radius 1 is 0.536 bits per heavy atom. The van der Waals surface area contributed by atoms with Crippen LogP contribution in [0.15, 0.2) is 116 Å². The first-order chi connectivity index (χ1) is 13.7. The number of rotatable bonds is 5. The Morgan fingerprint density at radius 3 is 1.50 bits per heavy atom. The van der Waals surface area contributed by atoms with Crippen molar-refractivity contribution in [3.05, 3.63) is 138 Å². The summed E-state index contributed by atoms with van der Waals surface area (Å²) in [4.78, 5) is -0.754. The third kappa shape index (κ3) is 3.40. The lowest BCUT2D eigenvalue weighted by Crippen LogP contribution is -2.22. The molecule has 0 fully saturated rings. The first-order valence-corrected chi connectivity index (χ1v) is 9.73. The molecule has 0 saturated heterocycles. The Bertz CT molecular complexity index is 1050. The quantitative estimate of drug-likeness (QED) is 0.248.